The zero-order valence-electron chi connectivity index (χ0n) is 19.7. The van der Waals surface area contributed by atoms with E-state index in [-0.39, 0.29) is 28.5 Å². The van der Waals surface area contributed by atoms with Crippen molar-refractivity contribution in [3.05, 3.63) is 100 Å². The lowest BCUT2D eigenvalue weighted by Gasteiger charge is -2.17. The molecule has 3 aromatic rings. The van der Waals surface area contributed by atoms with Crippen molar-refractivity contribution in [2.45, 2.75) is 24.7 Å². The molecule has 0 aromatic heterocycles. The van der Waals surface area contributed by atoms with Crippen molar-refractivity contribution >= 4 is 50.7 Å². The Kier molecular flexibility index (Phi) is 7.78. The second-order valence-electron chi connectivity index (χ2n) is 8.55. The highest BCUT2D eigenvalue weighted by Crippen LogP contribution is 2.30. The van der Waals surface area contributed by atoms with Crippen LogP contribution in [0.2, 0.25) is 10.0 Å². The minimum Gasteiger partial charge on any atom is -0.387 e. The predicted octanol–water partition coefficient (Wildman–Crippen LogP) is 5.56. The highest BCUT2D eigenvalue weighted by molar-refractivity contribution is 7.90. The number of amidine groups is 1. The van der Waals surface area contributed by atoms with Crippen LogP contribution in [0, 0.1) is 5.92 Å². The summed E-state index contributed by atoms with van der Waals surface area (Å²) < 4.78 is 30.4. The van der Waals surface area contributed by atoms with Crippen molar-refractivity contribution in [3.63, 3.8) is 0 Å². The summed E-state index contributed by atoms with van der Waals surface area (Å²) in [7, 11) is -4.12. The topological polar surface area (TPSA) is 100 Å². The molecule has 2 N–H and O–H groups in total. The molecular weight excluding hydrogens is 517 g/mol. The number of rotatable bonds is 5. The fourth-order valence-electron chi connectivity index (χ4n) is 3.59. The van der Waals surface area contributed by atoms with Crippen LogP contribution in [-0.4, -0.2) is 37.5 Å². The molecule has 0 aliphatic carbocycles. The number of guanidine groups is 1. The molecule has 1 heterocycles. The predicted molar refractivity (Wildman–Crippen MR) is 146 cm³/mol. The van der Waals surface area contributed by atoms with Crippen LogP contribution in [0.5, 0.6) is 0 Å². The van der Waals surface area contributed by atoms with Crippen molar-refractivity contribution in [3.8, 4) is 0 Å². The molecule has 4 rings (SSSR count). The average Bonchev–Trinajstić information content (AvgIpc) is 3.30. The molecule has 0 saturated carbocycles. The molecule has 1 aliphatic heterocycles. The number of aliphatic imine (C=N–C) groups is 1. The first-order valence-electron chi connectivity index (χ1n) is 11.3. The first kappa shape index (κ1) is 25.9. The molecule has 3 aromatic carbocycles. The van der Waals surface area contributed by atoms with Gasteiger partial charge in [0.2, 0.25) is 0 Å². The van der Waals surface area contributed by atoms with E-state index in [0.29, 0.717) is 16.6 Å². The molecule has 0 fully saturated rings. The number of sulfonamides is 1. The number of nitrogens with two attached hydrogens (primary N) is 1. The maximum atomic E-state index is 13.2. The first-order chi connectivity index (χ1) is 17.1. The summed E-state index contributed by atoms with van der Waals surface area (Å²) >= 11 is 12.0. The largest absolute Gasteiger partial charge is 0.387 e. The summed E-state index contributed by atoms with van der Waals surface area (Å²) in [4.78, 5) is 4.38. The van der Waals surface area contributed by atoms with Crippen LogP contribution in [0.1, 0.15) is 30.9 Å². The van der Waals surface area contributed by atoms with Gasteiger partial charge in [0, 0.05) is 21.9 Å². The van der Waals surface area contributed by atoms with Gasteiger partial charge in [-0.05, 0) is 47.5 Å². The van der Waals surface area contributed by atoms with E-state index in [0.717, 1.165) is 16.8 Å². The molecule has 1 aliphatic rings. The van der Waals surface area contributed by atoms with Crippen LogP contribution in [-0.2, 0) is 10.0 Å². The lowest BCUT2D eigenvalue weighted by Crippen LogP contribution is -2.29. The Morgan fingerprint density at radius 1 is 0.972 bits per heavy atom. The summed E-state index contributed by atoms with van der Waals surface area (Å²) in [6.45, 7) is 4.05. The molecule has 36 heavy (non-hydrogen) atoms. The van der Waals surface area contributed by atoms with Gasteiger partial charge in [-0.3, -0.25) is 0 Å². The van der Waals surface area contributed by atoms with Crippen molar-refractivity contribution in [1.82, 2.24) is 5.01 Å². The van der Waals surface area contributed by atoms with E-state index in [4.69, 9.17) is 34.0 Å². The number of hydrogen-bond donors (Lipinski definition) is 1. The van der Waals surface area contributed by atoms with E-state index in [1.54, 1.807) is 12.1 Å². The lowest BCUT2D eigenvalue weighted by molar-refractivity contribution is 0.470. The van der Waals surface area contributed by atoms with Crippen LogP contribution < -0.4 is 5.73 Å². The highest BCUT2D eigenvalue weighted by Gasteiger charge is 2.32. The van der Waals surface area contributed by atoms with E-state index in [2.05, 4.69) is 9.39 Å². The van der Waals surface area contributed by atoms with E-state index < -0.39 is 10.0 Å². The standard InChI is InChI=1S/C26H25Cl2N5O2S/c1-17(2)25(29)30-26(32-36(34,35)22-14-12-21(28)13-15-22)33-16-23(18-6-4-3-5-7-18)24(31-33)19-8-10-20(27)11-9-19/h3-15,17,23H,16H2,1-2H3,(H2,29,30,32)/t23-/m1/s1. The van der Waals surface area contributed by atoms with Gasteiger partial charge in [-0.25, -0.2) is 5.01 Å². The third kappa shape index (κ3) is 5.95. The van der Waals surface area contributed by atoms with E-state index >= 15 is 0 Å². The minimum atomic E-state index is -4.12. The fraction of sp³-hybridized carbons (Fsp3) is 0.192. The third-order valence-corrected chi connectivity index (χ3v) is 7.40. The van der Waals surface area contributed by atoms with Crippen LogP contribution in [0.25, 0.3) is 0 Å². The Morgan fingerprint density at radius 3 is 2.14 bits per heavy atom. The number of hydrogen-bond acceptors (Lipinski definition) is 3. The van der Waals surface area contributed by atoms with Gasteiger partial charge < -0.3 is 5.73 Å². The normalized spacial score (nSPS) is 17.0. The molecular formula is C26H25Cl2N5O2S. The second-order valence-corrected chi connectivity index (χ2v) is 11.0. The van der Waals surface area contributed by atoms with Crippen molar-refractivity contribution < 1.29 is 8.42 Å². The van der Waals surface area contributed by atoms with E-state index in [1.807, 2.05) is 56.3 Å². The Hall–Kier alpha value is -3.20. The second kappa shape index (κ2) is 10.8. The summed E-state index contributed by atoms with van der Waals surface area (Å²) in [5, 5.41) is 7.30. The summed E-state index contributed by atoms with van der Waals surface area (Å²) in [5.41, 5.74) is 8.76. The van der Waals surface area contributed by atoms with Gasteiger partial charge in [0.1, 0.15) is 5.84 Å². The Bertz CT molecular complexity index is 1420. The summed E-state index contributed by atoms with van der Waals surface area (Å²) in [5.74, 6) is -0.153. The molecule has 10 heteroatoms. The van der Waals surface area contributed by atoms with Gasteiger partial charge in [-0.15, -0.1) is 4.40 Å². The zero-order chi connectivity index (χ0) is 25.9. The third-order valence-electron chi connectivity index (χ3n) is 5.62. The maximum Gasteiger partial charge on any atom is 0.285 e. The van der Waals surface area contributed by atoms with Gasteiger partial charge in [0.15, 0.2) is 0 Å². The van der Waals surface area contributed by atoms with Crippen molar-refractivity contribution in [2.24, 2.45) is 26.1 Å². The molecule has 0 amide bonds. The quantitative estimate of drug-likeness (QED) is 0.337. The van der Waals surface area contributed by atoms with Gasteiger partial charge >= 0.3 is 0 Å². The van der Waals surface area contributed by atoms with Crippen molar-refractivity contribution in [2.75, 3.05) is 6.54 Å². The molecule has 0 radical (unpaired) electrons. The number of benzene rings is 3. The average molecular weight is 542 g/mol. The molecule has 0 bridgehead atoms. The molecule has 0 saturated heterocycles. The minimum absolute atomic E-state index is 0.0107. The summed E-state index contributed by atoms with van der Waals surface area (Å²) in [6.07, 6.45) is 0. The monoisotopic (exact) mass is 541 g/mol. The smallest absolute Gasteiger partial charge is 0.285 e. The van der Waals surface area contributed by atoms with Gasteiger partial charge in [0.05, 0.1) is 17.2 Å². The van der Waals surface area contributed by atoms with Crippen molar-refractivity contribution in [1.29, 1.82) is 0 Å². The Morgan fingerprint density at radius 2 is 1.56 bits per heavy atom. The SMILES string of the molecule is CC(C)/C(N)=N/C(=N\S(=O)(=O)c1ccc(Cl)cc1)N1C[C@H](c2ccccc2)C(c2ccc(Cl)cc2)=N1. The van der Waals surface area contributed by atoms with E-state index in [1.165, 1.54) is 29.3 Å². The van der Waals surface area contributed by atoms with E-state index in [9.17, 15) is 8.42 Å². The van der Waals surface area contributed by atoms with Gasteiger partial charge in [-0.2, -0.15) is 18.5 Å². The molecule has 1 atom stereocenters. The van der Waals surface area contributed by atoms with Crippen LogP contribution in [0.15, 0.2) is 98.2 Å². The first-order valence-corrected chi connectivity index (χ1v) is 13.4. The van der Waals surface area contributed by atoms with Crippen LogP contribution >= 0.6 is 23.2 Å². The lowest BCUT2D eigenvalue weighted by atomic mass is 9.91. The number of hydrazone groups is 1. The maximum absolute atomic E-state index is 13.2. The fourth-order valence-corrected chi connectivity index (χ4v) is 4.78. The van der Waals surface area contributed by atoms with Gasteiger partial charge in [-0.1, -0.05) is 79.5 Å². The van der Waals surface area contributed by atoms with Crippen LogP contribution in [0.4, 0.5) is 0 Å². The number of halogens is 2. The Labute approximate surface area is 221 Å². The zero-order valence-corrected chi connectivity index (χ0v) is 22.0. The summed E-state index contributed by atoms with van der Waals surface area (Å²) in [6, 6.07) is 23.0. The number of nitrogens with zero attached hydrogens (tertiary/aromatic N) is 4. The van der Waals surface area contributed by atoms with Crippen LogP contribution in [0.3, 0.4) is 0 Å². The van der Waals surface area contributed by atoms with Gasteiger partial charge in [0.25, 0.3) is 16.0 Å². The highest BCUT2D eigenvalue weighted by atomic mass is 35.5. The molecule has 0 unspecified atom stereocenters. The Balaban J connectivity index is 1.83. The molecule has 7 nitrogen and oxygen atoms in total. The molecule has 186 valence electrons. The molecule has 0 spiro atoms.